The Balaban J connectivity index is 4.72. The van der Waals surface area contributed by atoms with E-state index in [2.05, 4.69) is 5.32 Å². The number of nitrogens with one attached hydrogen (secondary N) is 1. The summed E-state index contributed by atoms with van der Waals surface area (Å²) >= 11 is 0. The number of Topliss-reactive ketones (excluding diaryl/α,β-unsaturated/α-hetero) is 1. The lowest BCUT2D eigenvalue weighted by atomic mass is 9.95. The Labute approximate surface area is 93.7 Å². The zero-order chi connectivity index (χ0) is 12.9. The van der Waals surface area contributed by atoms with Crippen LogP contribution in [0.4, 0.5) is 0 Å². The van der Waals surface area contributed by atoms with Gasteiger partial charge in [-0.25, -0.2) is 0 Å². The van der Waals surface area contributed by atoms with Gasteiger partial charge in [0.2, 0.25) is 11.8 Å². The molecule has 0 aromatic carbocycles. The topological polar surface area (TPSA) is 141 Å². The molecule has 0 aliphatic heterocycles. The fourth-order valence-electron chi connectivity index (χ4n) is 1.13. The van der Waals surface area contributed by atoms with E-state index in [0.717, 1.165) is 0 Å². The zero-order valence-electron chi connectivity index (χ0n) is 9.40. The van der Waals surface area contributed by atoms with E-state index in [-0.39, 0.29) is 12.5 Å². The quantitative estimate of drug-likeness (QED) is 0.372. The minimum atomic E-state index is -1.41. The van der Waals surface area contributed by atoms with Crippen molar-refractivity contribution < 1.29 is 14.4 Å². The van der Waals surface area contributed by atoms with E-state index in [0.29, 0.717) is 0 Å². The predicted octanol–water partition coefficient (Wildman–Crippen LogP) is -2.53. The summed E-state index contributed by atoms with van der Waals surface area (Å²) in [4.78, 5) is 33.5. The van der Waals surface area contributed by atoms with Gasteiger partial charge >= 0.3 is 0 Å². The Hall–Kier alpha value is -1.47. The summed E-state index contributed by atoms with van der Waals surface area (Å²) in [6, 6.07) is -2.26. The lowest BCUT2D eigenvalue weighted by Crippen LogP contribution is -2.55. The summed E-state index contributed by atoms with van der Waals surface area (Å²) in [6.07, 6.45) is 0. The second-order valence-electron chi connectivity index (χ2n) is 3.78. The molecule has 0 aromatic rings. The molecule has 92 valence electrons. The van der Waals surface area contributed by atoms with Gasteiger partial charge in [0, 0.05) is 0 Å². The minimum Gasteiger partial charge on any atom is -0.368 e. The predicted molar refractivity (Wildman–Crippen MR) is 58.0 cm³/mol. The number of rotatable bonds is 6. The van der Waals surface area contributed by atoms with Gasteiger partial charge in [0.15, 0.2) is 5.78 Å². The summed E-state index contributed by atoms with van der Waals surface area (Å²) in [5.41, 5.74) is 15.3. The first kappa shape index (κ1) is 14.5. The molecule has 2 amide bonds. The Morgan fingerprint density at radius 1 is 1.25 bits per heavy atom. The molecule has 0 saturated heterocycles. The van der Waals surface area contributed by atoms with Crippen molar-refractivity contribution in [3.8, 4) is 0 Å². The molecule has 0 bridgehead atoms. The lowest BCUT2D eigenvalue weighted by Gasteiger charge is -2.22. The van der Waals surface area contributed by atoms with E-state index in [1.54, 1.807) is 13.8 Å². The molecule has 0 heterocycles. The Bertz CT molecular complexity index is 290. The molecule has 16 heavy (non-hydrogen) atoms. The summed E-state index contributed by atoms with van der Waals surface area (Å²) in [5.74, 6) is -2.21. The number of carbonyl (C=O) groups excluding carboxylic acids is 3. The minimum absolute atomic E-state index is 0.201. The molecule has 0 rings (SSSR count). The average Bonchev–Trinajstić information content (AvgIpc) is 2.22. The van der Waals surface area contributed by atoms with Crippen molar-refractivity contribution in [2.75, 3.05) is 6.54 Å². The van der Waals surface area contributed by atoms with Crippen molar-refractivity contribution in [3.05, 3.63) is 0 Å². The molecular weight excluding hydrogens is 212 g/mol. The molecule has 0 aromatic heterocycles. The second kappa shape index (κ2) is 6.19. The maximum atomic E-state index is 11.7. The molecule has 0 aliphatic carbocycles. The van der Waals surface area contributed by atoms with Crippen molar-refractivity contribution in [1.29, 1.82) is 0 Å². The third kappa shape index (κ3) is 3.95. The molecule has 0 saturated carbocycles. The summed E-state index contributed by atoms with van der Waals surface area (Å²) in [5, 5.41) is 2.40. The number of carbonyl (C=O) groups is 3. The van der Waals surface area contributed by atoms with Crippen LogP contribution in [-0.4, -0.2) is 36.2 Å². The van der Waals surface area contributed by atoms with Gasteiger partial charge in [0.05, 0.1) is 12.6 Å². The van der Waals surface area contributed by atoms with Gasteiger partial charge in [-0.15, -0.1) is 0 Å². The number of amides is 2. The van der Waals surface area contributed by atoms with Crippen molar-refractivity contribution in [1.82, 2.24) is 5.32 Å². The normalized spacial score (nSPS) is 14.3. The van der Waals surface area contributed by atoms with Gasteiger partial charge in [-0.05, 0) is 5.92 Å². The SMILES string of the molecule is CC(C)C(NC(=O)CN)C(=O)C(N)C(N)=O. The monoisotopic (exact) mass is 230 g/mol. The number of nitrogens with two attached hydrogens (primary N) is 3. The third-order valence-corrected chi connectivity index (χ3v) is 2.09. The highest BCUT2D eigenvalue weighted by Gasteiger charge is 2.30. The van der Waals surface area contributed by atoms with Crippen LogP contribution >= 0.6 is 0 Å². The van der Waals surface area contributed by atoms with E-state index in [1.807, 2.05) is 0 Å². The number of hydrogen-bond acceptors (Lipinski definition) is 5. The number of ketones is 1. The molecule has 2 atom stereocenters. The third-order valence-electron chi connectivity index (χ3n) is 2.09. The van der Waals surface area contributed by atoms with Gasteiger partial charge < -0.3 is 22.5 Å². The van der Waals surface area contributed by atoms with E-state index in [4.69, 9.17) is 17.2 Å². The van der Waals surface area contributed by atoms with Crippen LogP contribution in [0.5, 0.6) is 0 Å². The van der Waals surface area contributed by atoms with Crippen LogP contribution in [-0.2, 0) is 14.4 Å². The first-order valence-corrected chi connectivity index (χ1v) is 4.89. The van der Waals surface area contributed by atoms with Crippen molar-refractivity contribution in [2.45, 2.75) is 25.9 Å². The summed E-state index contributed by atoms with van der Waals surface area (Å²) in [7, 11) is 0. The zero-order valence-corrected chi connectivity index (χ0v) is 9.40. The number of primary amides is 1. The highest BCUT2D eigenvalue weighted by atomic mass is 16.2. The van der Waals surface area contributed by atoms with Crippen LogP contribution in [0.3, 0.4) is 0 Å². The maximum absolute atomic E-state index is 11.7. The fourth-order valence-corrected chi connectivity index (χ4v) is 1.13. The Morgan fingerprint density at radius 2 is 1.75 bits per heavy atom. The van der Waals surface area contributed by atoms with Crippen LogP contribution in [0.25, 0.3) is 0 Å². The molecule has 7 nitrogen and oxygen atoms in total. The fraction of sp³-hybridized carbons (Fsp3) is 0.667. The number of hydrogen-bond donors (Lipinski definition) is 4. The molecule has 0 spiro atoms. The summed E-state index contributed by atoms with van der Waals surface area (Å²) in [6.45, 7) is 3.20. The van der Waals surface area contributed by atoms with Crippen LogP contribution in [0.1, 0.15) is 13.8 Å². The van der Waals surface area contributed by atoms with Crippen LogP contribution in [0.2, 0.25) is 0 Å². The highest BCUT2D eigenvalue weighted by Crippen LogP contribution is 2.04. The van der Waals surface area contributed by atoms with Gasteiger partial charge in [-0.1, -0.05) is 13.8 Å². The largest absolute Gasteiger partial charge is 0.368 e. The van der Waals surface area contributed by atoms with E-state index in [9.17, 15) is 14.4 Å². The smallest absolute Gasteiger partial charge is 0.242 e. The van der Waals surface area contributed by atoms with Crippen molar-refractivity contribution in [3.63, 3.8) is 0 Å². The standard InChI is InChI=1S/C9H18N4O3/c1-4(2)7(13-5(14)3-10)8(15)6(11)9(12)16/h4,6-7H,3,10-11H2,1-2H3,(H2,12,16)(H,13,14). The molecule has 7 N–H and O–H groups in total. The Morgan fingerprint density at radius 3 is 2.06 bits per heavy atom. The van der Waals surface area contributed by atoms with Crippen LogP contribution in [0.15, 0.2) is 0 Å². The van der Waals surface area contributed by atoms with E-state index >= 15 is 0 Å². The summed E-state index contributed by atoms with van der Waals surface area (Å²) < 4.78 is 0. The van der Waals surface area contributed by atoms with Crippen molar-refractivity contribution >= 4 is 17.6 Å². The van der Waals surface area contributed by atoms with Crippen LogP contribution < -0.4 is 22.5 Å². The van der Waals surface area contributed by atoms with Gasteiger partial charge in [0.25, 0.3) is 0 Å². The molecular formula is C9H18N4O3. The van der Waals surface area contributed by atoms with Gasteiger partial charge in [-0.3, -0.25) is 14.4 Å². The first-order chi connectivity index (χ1) is 7.31. The highest BCUT2D eigenvalue weighted by molar-refractivity contribution is 6.07. The molecule has 0 fully saturated rings. The molecule has 0 aliphatic rings. The average molecular weight is 230 g/mol. The van der Waals surface area contributed by atoms with Crippen molar-refractivity contribution in [2.24, 2.45) is 23.1 Å². The van der Waals surface area contributed by atoms with E-state index in [1.165, 1.54) is 0 Å². The van der Waals surface area contributed by atoms with E-state index < -0.39 is 29.7 Å². The van der Waals surface area contributed by atoms with Crippen LogP contribution in [0, 0.1) is 5.92 Å². The van der Waals surface area contributed by atoms with Gasteiger partial charge in [-0.2, -0.15) is 0 Å². The molecule has 2 unspecified atom stereocenters. The second-order valence-corrected chi connectivity index (χ2v) is 3.78. The van der Waals surface area contributed by atoms with Gasteiger partial charge in [0.1, 0.15) is 6.04 Å². The molecule has 0 radical (unpaired) electrons. The maximum Gasteiger partial charge on any atom is 0.242 e. The molecule has 7 heteroatoms. The Kier molecular flexibility index (Phi) is 5.62. The lowest BCUT2D eigenvalue weighted by molar-refractivity contribution is -0.133. The first-order valence-electron chi connectivity index (χ1n) is 4.89.